The van der Waals surface area contributed by atoms with E-state index in [0.717, 1.165) is 0 Å². The Hall–Kier alpha value is -2.20. The van der Waals surface area contributed by atoms with Crippen LogP contribution in [0.5, 0.6) is 0 Å². The molecule has 2 aromatic rings. The summed E-state index contributed by atoms with van der Waals surface area (Å²) >= 11 is 0. The van der Waals surface area contributed by atoms with Crippen LogP contribution in [-0.2, 0) is 4.79 Å². The van der Waals surface area contributed by atoms with Gasteiger partial charge in [0.05, 0.1) is 18.6 Å². The first kappa shape index (κ1) is 16.2. The SMILES string of the molecule is Cc1ccc(C(C)NC(=O)CC(O)c2ccccc2)cc1F. The molecular weight excluding hydrogens is 281 g/mol. The number of nitrogens with one attached hydrogen (secondary N) is 1. The van der Waals surface area contributed by atoms with Gasteiger partial charge in [-0.05, 0) is 36.6 Å². The monoisotopic (exact) mass is 301 g/mol. The van der Waals surface area contributed by atoms with E-state index in [1.807, 2.05) is 18.2 Å². The molecule has 2 unspecified atom stereocenters. The molecule has 0 aliphatic rings. The van der Waals surface area contributed by atoms with E-state index in [4.69, 9.17) is 0 Å². The molecule has 22 heavy (non-hydrogen) atoms. The molecule has 0 heterocycles. The summed E-state index contributed by atoms with van der Waals surface area (Å²) in [5.74, 6) is -0.562. The van der Waals surface area contributed by atoms with Crippen LogP contribution in [0.4, 0.5) is 4.39 Å². The lowest BCUT2D eigenvalue weighted by atomic mass is 10.0. The second-order valence-electron chi connectivity index (χ2n) is 5.43. The lowest BCUT2D eigenvalue weighted by Gasteiger charge is -2.17. The van der Waals surface area contributed by atoms with Crippen LogP contribution in [0.15, 0.2) is 48.5 Å². The van der Waals surface area contributed by atoms with Crippen molar-refractivity contribution >= 4 is 5.91 Å². The number of rotatable bonds is 5. The highest BCUT2D eigenvalue weighted by Crippen LogP contribution is 2.19. The Bertz CT molecular complexity index is 643. The number of aliphatic hydroxyl groups excluding tert-OH is 1. The molecular formula is C18H20FNO2. The van der Waals surface area contributed by atoms with Gasteiger partial charge in [-0.15, -0.1) is 0 Å². The molecule has 0 spiro atoms. The van der Waals surface area contributed by atoms with Crippen molar-refractivity contribution in [3.63, 3.8) is 0 Å². The van der Waals surface area contributed by atoms with Gasteiger partial charge in [-0.25, -0.2) is 4.39 Å². The Labute approximate surface area is 129 Å². The van der Waals surface area contributed by atoms with Crippen molar-refractivity contribution in [1.82, 2.24) is 5.32 Å². The zero-order chi connectivity index (χ0) is 16.1. The smallest absolute Gasteiger partial charge is 0.223 e. The molecule has 1 amide bonds. The third-order valence-electron chi connectivity index (χ3n) is 3.64. The highest BCUT2D eigenvalue weighted by atomic mass is 19.1. The number of hydrogen-bond acceptors (Lipinski definition) is 2. The fourth-order valence-corrected chi connectivity index (χ4v) is 2.23. The molecule has 2 aromatic carbocycles. The van der Waals surface area contributed by atoms with Crippen LogP contribution >= 0.6 is 0 Å². The molecule has 0 fully saturated rings. The number of halogens is 1. The Morgan fingerprint density at radius 3 is 2.50 bits per heavy atom. The second kappa shape index (κ2) is 7.18. The summed E-state index contributed by atoms with van der Waals surface area (Å²) < 4.78 is 13.6. The van der Waals surface area contributed by atoms with Crippen LogP contribution in [-0.4, -0.2) is 11.0 Å². The molecule has 2 N–H and O–H groups in total. The van der Waals surface area contributed by atoms with Crippen molar-refractivity contribution in [2.45, 2.75) is 32.4 Å². The third-order valence-corrected chi connectivity index (χ3v) is 3.64. The Morgan fingerprint density at radius 1 is 1.18 bits per heavy atom. The van der Waals surface area contributed by atoms with E-state index in [9.17, 15) is 14.3 Å². The third kappa shape index (κ3) is 4.15. The van der Waals surface area contributed by atoms with Crippen LogP contribution in [0.25, 0.3) is 0 Å². The summed E-state index contributed by atoms with van der Waals surface area (Å²) in [7, 11) is 0. The summed E-state index contributed by atoms with van der Waals surface area (Å²) in [5, 5.41) is 12.8. The van der Waals surface area contributed by atoms with Gasteiger partial charge >= 0.3 is 0 Å². The molecule has 0 aliphatic carbocycles. The van der Waals surface area contributed by atoms with E-state index in [1.165, 1.54) is 6.07 Å². The molecule has 116 valence electrons. The van der Waals surface area contributed by atoms with Gasteiger partial charge < -0.3 is 10.4 Å². The Balaban J connectivity index is 1.95. The van der Waals surface area contributed by atoms with Crippen LogP contribution in [0.1, 0.15) is 42.2 Å². The first-order valence-electron chi connectivity index (χ1n) is 7.26. The number of aryl methyl sites for hydroxylation is 1. The maximum Gasteiger partial charge on any atom is 0.223 e. The standard InChI is InChI=1S/C18H20FNO2/c1-12-8-9-15(10-16(12)19)13(2)20-18(22)11-17(21)14-6-4-3-5-7-14/h3-10,13,17,21H,11H2,1-2H3,(H,20,22). The van der Waals surface area contributed by atoms with Crippen LogP contribution in [0, 0.1) is 12.7 Å². The van der Waals surface area contributed by atoms with E-state index in [0.29, 0.717) is 16.7 Å². The minimum Gasteiger partial charge on any atom is -0.388 e. The minimum absolute atomic E-state index is 0.0251. The van der Waals surface area contributed by atoms with Crippen molar-refractivity contribution in [1.29, 1.82) is 0 Å². The molecule has 4 heteroatoms. The van der Waals surface area contributed by atoms with E-state index >= 15 is 0 Å². The molecule has 0 bridgehead atoms. The molecule has 2 rings (SSSR count). The molecule has 3 nitrogen and oxygen atoms in total. The van der Waals surface area contributed by atoms with Gasteiger partial charge in [0.2, 0.25) is 5.91 Å². The number of hydrogen-bond donors (Lipinski definition) is 2. The van der Waals surface area contributed by atoms with Gasteiger partial charge in [-0.1, -0.05) is 42.5 Å². The number of benzene rings is 2. The van der Waals surface area contributed by atoms with Gasteiger partial charge in [-0.3, -0.25) is 4.79 Å². The molecule has 0 saturated carbocycles. The summed E-state index contributed by atoms with van der Waals surface area (Å²) in [6, 6.07) is 13.6. The first-order chi connectivity index (χ1) is 10.5. The first-order valence-corrected chi connectivity index (χ1v) is 7.26. The normalized spacial score (nSPS) is 13.5. The summed E-state index contributed by atoms with van der Waals surface area (Å²) in [6.07, 6.45) is -0.869. The predicted molar refractivity (Wildman–Crippen MR) is 83.7 cm³/mol. The fourth-order valence-electron chi connectivity index (χ4n) is 2.23. The predicted octanol–water partition coefficient (Wildman–Crippen LogP) is 3.44. The Kier molecular flexibility index (Phi) is 5.28. The molecule has 0 radical (unpaired) electrons. The summed E-state index contributed by atoms with van der Waals surface area (Å²) in [4.78, 5) is 12.0. The van der Waals surface area contributed by atoms with Gasteiger partial charge in [-0.2, -0.15) is 0 Å². The maximum absolute atomic E-state index is 13.6. The van der Waals surface area contributed by atoms with Crippen LogP contribution in [0.2, 0.25) is 0 Å². The maximum atomic E-state index is 13.6. The minimum atomic E-state index is -0.844. The van der Waals surface area contributed by atoms with Gasteiger partial charge in [0.25, 0.3) is 0 Å². The Morgan fingerprint density at radius 2 is 1.86 bits per heavy atom. The van der Waals surface area contributed by atoms with Crippen molar-refractivity contribution in [2.75, 3.05) is 0 Å². The highest BCUT2D eigenvalue weighted by Gasteiger charge is 2.16. The van der Waals surface area contributed by atoms with Crippen LogP contribution < -0.4 is 5.32 Å². The van der Waals surface area contributed by atoms with E-state index in [2.05, 4.69) is 5.32 Å². The zero-order valence-corrected chi connectivity index (χ0v) is 12.7. The zero-order valence-electron chi connectivity index (χ0n) is 12.7. The summed E-state index contributed by atoms with van der Waals surface area (Å²) in [6.45, 7) is 3.48. The highest BCUT2D eigenvalue weighted by molar-refractivity contribution is 5.77. The quantitative estimate of drug-likeness (QED) is 0.889. The summed E-state index contributed by atoms with van der Waals surface area (Å²) in [5.41, 5.74) is 1.97. The largest absolute Gasteiger partial charge is 0.388 e. The molecule has 2 atom stereocenters. The van der Waals surface area contributed by atoms with Gasteiger partial charge in [0.1, 0.15) is 5.82 Å². The number of carbonyl (C=O) groups is 1. The van der Waals surface area contributed by atoms with Crippen LogP contribution in [0.3, 0.4) is 0 Å². The van der Waals surface area contributed by atoms with Crippen molar-refractivity contribution < 1.29 is 14.3 Å². The van der Waals surface area contributed by atoms with Crippen molar-refractivity contribution in [2.24, 2.45) is 0 Å². The second-order valence-corrected chi connectivity index (χ2v) is 5.43. The van der Waals surface area contributed by atoms with Gasteiger partial charge in [0, 0.05) is 0 Å². The lowest BCUT2D eigenvalue weighted by molar-refractivity contribution is -0.123. The lowest BCUT2D eigenvalue weighted by Crippen LogP contribution is -2.28. The number of amides is 1. The van der Waals surface area contributed by atoms with E-state index in [1.54, 1.807) is 38.1 Å². The molecule has 0 aliphatic heterocycles. The van der Waals surface area contributed by atoms with Gasteiger partial charge in [0.15, 0.2) is 0 Å². The fraction of sp³-hybridized carbons (Fsp3) is 0.278. The van der Waals surface area contributed by atoms with Crippen molar-refractivity contribution in [3.05, 3.63) is 71.0 Å². The van der Waals surface area contributed by atoms with E-state index < -0.39 is 6.10 Å². The average Bonchev–Trinajstić information content (AvgIpc) is 2.50. The molecule has 0 saturated heterocycles. The van der Waals surface area contributed by atoms with Crippen molar-refractivity contribution in [3.8, 4) is 0 Å². The topological polar surface area (TPSA) is 49.3 Å². The number of aliphatic hydroxyl groups is 1. The average molecular weight is 301 g/mol. The molecule has 0 aromatic heterocycles. The van der Waals surface area contributed by atoms with E-state index in [-0.39, 0.29) is 24.2 Å². The number of carbonyl (C=O) groups excluding carboxylic acids is 1.